The summed E-state index contributed by atoms with van der Waals surface area (Å²) in [7, 11) is -3.82. The molecule has 2 saturated heterocycles. The second kappa shape index (κ2) is 7.47. The van der Waals surface area contributed by atoms with Gasteiger partial charge in [0.25, 0.3) is 10.1 Å². The molecule has 2 aliphatic heterocycles. The van der Waals surface area contributed by atoms with Crippen LogP contribution >= 0.6 is 0 Å². The Morgan fingerprint density at radius 2 is 1.93 bits per heavy atom. The Labute approximate surface area is 158 Å². The first-order valence-electron chi connectivity index (χ1n) is 8.97. The van der Waals surface area contributed by atoms with Crippen LogP contribution in [0.4, 0.5) is 4.79 Å². The first-order valence-corrected chi connectivity index (χ1v) is 10.4. The van der Waals surface area contributed by atoms with Crippen LogP contribution in [-0.2, 0) is 19.1 Å². The number of nitrogens with one attached hydrogen (secondary N) is 1. The zero-order valence-electron chi connectivity index (χ0n) is 15.2. The van der Waals surface area contributed by atoms with Gasteiger partial charge in [0.1, 0.15) is 0 Å². The van der Waals surface area contributed by atoms with Gasteiger partial charge in [0.05, 0.1) is 16.9 Å². The highest BCUT2D eigenvalue weighted by Gasteiger charge is 2.48. The molecular formula is C18H24N2O6S. The number of aryl methyl sites for hydroxylation is 1. The summed E-state index contributed by atoms with van der Waals surface area (Å²) in [5.41, 5.74) is 0.411. The van der Waals surface area contributed by atoms with Crippen molar-refractivity contribution < 1.29 is 27.3 Å². The summed E-state index contributed by atoms with van der Waals surface area (Å²) in [6.45, 7) is 2.54. The molecule has 0 aliphatic carbocycles. The molecule has 0 aromatic heterocycles. The molecule has 1 aromatic carbocycles. The normalized spacial score (nSPS) is 22.0. The smallest absolute Gasteiger partial charge is 0.407 e. The van der Waals surface area contributed by atoms with Gasteiger partial charge in [0.2, 0.25) is 5.91 Å². The molecule has 2 N–H and O–H groups in total. The molecule has 148 valence electrons. The first-order chi connectivity index (χ1) is 12.7. The van der Waals surface area contributed by atoms with Crippen LogP contribution in [0.5, 0.6) is 0 Å². The van der Waals surface area contributed by atoms with Crippen molar-refractivity contribution in [3.8, 4) is 0 Å². The quantitative estimate of drug-likeness (QED) is 0.733. The lowest BCUT2D eigenvalue weighted by molar-refractivity contribution is -0.129. The van der Waals surface area contributed by atoms with Crippen LogP contribution in [0.25, 0.3) is 0 Å². The van der Waals surface area contributed by atoms with Crippen molar-refractivity contribution in [2.45, 2.75) is 43.5 Å². The second-order valence-corrected chi connectivity index (χ2v) is 8.92. The Morgan fingerprint density at radius 1 is 1.30 bits per heavy atom. The van der Waals surface area contributed by atoms with Crippen molar-refractivity contribution in [1.29, 1.82) is 0 Å². The molecule has 2 aliphatic rings. The zero-order chi connectivity index (χ0) is 19.7. The van der Waals surface area contributed by atoms with E-state index in [0.717, 1.165) is 5.56 Å². The van der Waals surface area contributed by atoms with Crippen LogP contribution in [0, 0.1) is 12.3 Å². The summed E-state index contributed by atoms with van der Waals surface area (Å²) < 4.78 is 29.5. The number of carbonyl (C=O) groups excluding carboxylic acids is 1. The highest BCUT2D eigenvalue weighted by atomic mass is 32.2. The van der Waals surface area contributed by atoms with Crippen molar-refractivity contribution in [3.05, 3.63) is 29.8 Å². The van der Waals surface area contributed by atoms with Gasteiger partial charge in [-0.3, -0.25) is 8.98 Å². The summed E-state index contributed by atoms with van der Waals surface area (Å²) in [5, 5.41) is 12.0. The molecule has 2 fully saturated rings. The van der Waals surface area contributed by atoms with Gasteiger partial charge < -0.3 is 15.3 Å². The molecule has 0 saturated carbocycles. The number of carboxylic acid groups (broad SMARTS) is 1. The van der Waals surface area contributed by atoms with Gasteiger partial charge in [-0.15, -0.1) is 0 Å². The van der Waals surface area contributed by atoms with Crippen LogP contribution < -0.4 is 5.32 Å². The van der Waals surface area contributed by atoms with E-state index in [1.165, 1.54) is 17.0 Å². The maximum absolute atomic E-state index is 12.4. The Hall–Kier alpha value is -2.13. The minimum absolute atomic E-state index is 0.0154. The van der Waals surface area contributed by atoms with E-state index in [1.807, 2.05) is 6.92 Å². The average molecular weight is 396 g/mol. The molecule has 1 atom stereocenters. The zero-order valence-corrected chi connectivity index (χ0v) is 16.0. The third-order valence-corrected chi connectivity index (χ3v) is 6.79. The maximum Gasteiger partial charge on any atom is 0.407 e. The molecule has 1 spiro atoms. The van der Waals surface area contributed by atoms with Gasteiger partial charge in [-0.25, -0.2) is 4.79 Å². The molecule has 0 radical (unpaired) electrons. The third kappa shape index (κ3) is 4.24. The largest absolute Gasteiger partial charge is 0.465 e. The highest BCUT2D eigenvalue weighted by molar-refractivity contribution is 7.86. The topological polar surface area (TPSA) is 113 Å². The standard InChI is InChI=1S/C18H24N2O6S/c1-13-2-4-15(5-3-13)27(24,25)26-11-6-14-12-18(16(21)19-14)7-9-20(10-8-18)17(22)23/h2-5,14H,6-12H2,1H3,(H,19,21)(H,22,23)/t14-/m0/s1. The molecular weight excluding hydrogens is 372 g/mol. The Kier molecular flexibility index (Phi) is 5.43. The summed E-state index contributed by atoms with van der Waals surface area (Å²) >= 11 is 0. The number of carbonyl (C=O) groups is 2. The van der Waals surface area contributed by atoms with Crippen LogP contribution in [0.2, 0.25) is 0 Å². The van der Waals surface area contributed by atoms with Gasteiger partial charge in [-0.1, -0.05) is 17.7 Å². The number of benzene rings is 1. The minimum atomic E-state index is -3.82. The van der Waals surface area contributed by atoms with Crippen molar-refractivity contribution in [2.75, 3.05) is 19.7 Å². The van der Waals surface area contributed by atoms with Crippen LogP contribution in [-0.4, -0.2) is 56.2 Å². The number of hydrogen-bond acceptors (Lipinski definition) is 5. The molecule has 9 heteroatoms. The number of hydrogen-bond donors (Lipinski definition) is 2. The van der Waals surface area contributed by atoms with Crippen molar-refractivity contribution in [2.24, 2.45) is 5.41 Å². The molecule has 8 nitrogen and oxygen atoms in total. The summed E-state index contributed by atoms with van der Waals surface area (Å²) in [6.07, 6.45) is 0.984. The Bertz CT molecular complexity index is 813. The molecule has 0 bridgehead atoms. The Balaban J connectivity index is 1.52. The molecule has 2 heterocycles. The van der Waals surface area contributed by atoms with Crippen LogP contribution in [0.1, 0.15) is 31.2 Å². The van der Waals surface area contributed by atoms with Crippen LogP contribution in [0.3, 0.4) is 0 Å². The summed E-state index contributed by atoms with van der Waals surface area (Å²) in [4.78, 5) is 24.9. The number of likely N-dealkylation sites (tertiary alicyclic amines) is 1. The number of amides is 2. The SMILES string of the molecule is Cc1ccc(S(=O)(=O)OCC[C@H]2CC3(CCN(C(=O)O)CC3)C(=O)N2)cc1. The van der Waals surface area contributed by atoms with Crippen LogP contribution in [0.15, 0.2) is 29.2 Å². The molecule has 2 amide bonds. The third-order valence-electron chi connectivity index (χ3n) is 5.46. The average Bonchev–Trinajstić information content (AvgIpc) is 2.91. The fraction of sp³-hybridized carbons (Fsp3) is 0.556. The molecule has 3 rings (SSSR count). The van der Waals surface area contributed by atoms with Gasteiger partial charge in [0.15, 0.2) is 0 Å². The molecule has 27 heavy (non-hydrogen) atoms. The first kappa shape index (κ1) is 19.6. The lowest BCUT2D eigenvalue weighted by atomic mass is 9.76. The summed E-state index contributed by atoms with van der Waals surface area (Å²) in [5.74, 6) is -0.0704. The highest BCUT2D eigenvalue weighted by Crippen LogP contribution is 2.41. The maximum atomic E-state index is 12.4. The minimum Gasteiger partial charge on any atom is -0.465 e. The van der Waals surface area contributed by atoms with E-state index in [4.69, 9.17) is 9.29 Å². The van der Waals surface area contributed by atoms with E-state index < -0.39 is 21.6 Å². The van der Waals surface area contributed by atoms with E-state index in [1.54, 1.807) is 12.1 Å². The Morgan fingerprint density at radius 3 is 2.52 bits per heavy atom. The van der Waals surface area contributed by atoms with Gasteiger partial charge in [0, 0.05) is 19.1 Å². The van der Waals surface area contributed by atoms with E-state index in [9.17, 15) is 18.0 Å². The van der Waals surface area contributed by atoms with Crippen molar-refractivity contribution in [3.63, 3.8) is 0 Å². The van der Waals surface area contributed by atoms with E-state index in [-0.39, 0.29) is 23.5 Å². The van der Waals surface area contributed by atoms with E-state index in [0.29, 0.717) is 38.8 Å². The van der Waals surface area contributed by atoms with Crippen molar-refractivity contribution >= 4 is 22.1 Å². The molecule has 0 unspecified atom stereocenters. The lowest BCUT2D eigenvalue weighted by Gasteiger charge is -2.36. The number of piperidine rings is 1. The predicted octanol–water partition coefficient (Wildman–Crippen LogP) is 1.74. The lowest BCUT2D eigenvalue weighted by Crippen LogP contribution is -2.45. The van der Waals surface area contributed by atoms with E-state index in [2.05, 4.69) is 5.32 Å². The molecule has 1 aromatic rings. The monoisotopic (exact) mass is 396 g/mol. The number of nitrogens with zero attached hydrogens (tertiary/aromatic N) is 1. The van der Waals surface area contributed by atoms with Gasteiger partial charge in [-0.2, -0.15) is 8.42 Å². The van der Waals surface area contributed by atoms with Gasteiger partial charge in [-0.05, 0) is 44.7 Å². The second-order valence-electron chi connectivity index (χ2n) is 7.30. The van der Waals surface area contributed by atoms with Gasteiger partial charge >= 0.3 is 6.09 Å². The number of rotatable bonds is 5. The van der Waals surface area contributed by atoms with E-state index >= 15 is 0 Å². The summed E-state index contributed by atoms with van der Waals surface area (Å²) in [6, 6.07) is 6.27. The predicted molar refractivity (Wildman–Crippen MR) is 96.7 cm³/mol. The van der Waals surface area contributed by atoms with Crippen molar-refractivity contribution in [1.82, 2.24) is 10.2 Å². The fourth-order valence-corrected chi connectivity index (χ4v) is 4.68. The fourth-order valence-electron chi connectivity index (χ4n) is 3.76.